The van der Waals surface area contributed by atoms with E-state index in [0.717, 1.165) is 0 Å². The van der Waals surface area contributed by atoms with Crippen LogP contribution in [0.5, 0.6) is 0 Å². The fourth-order valence-corrected chi connectivity index (χ4v) is 21.8. The van der Waals surface area contributed by atoms with E-state index >= 15 is 0 Å². The van der Waals surface area contributed by atoms with Crippen LogP contribution in [0.2, 0.25) is 78.6 Å². The van der Waals surface area contributed by atoms with Gasteiger partial charge in [-0.1, -0.05) is 94.4 Å². The number of hydrogen-bond acceptors (Lipinski definition) is 2. The Morgan fingerprint density at radius 3 is 1.20 bits per heavy atom. The van der Waals surface area contributed by atoms with Gasteiger partial charge in [-0.15, -0.1) is 11.2 Å². The number of halogens is 3. The van der Waals surface area contributed by atoms with Gasteiger partial charge in [-0.05, 0) is 0 Å². The van der Waals surface area contributed by atoms with Crippen LogP contribution < -0.4 is 24.8 Å². The zero-order chi connectivity index (χ0) is 18.1. The van der Waals surface area contributed by atoms with Crippen LogP contribution in [0, 0.1) is 0 Å². The normalized spacial score (nSPS) is 14.5. The van der Waals surface area contributed by atoms with Gasteiger partial charge in [-0.25, -0.2) is 0 Å². The standard InChI is InChI=1S/C12H36ClN4PSi4.2ClH.Ti/c1-19(2,3)15-16(20(4,5)6)18(13)14-17(21(7,8)9)22(10,11)12;;;/h1-12H3;2*1H;/q-2;;;+4/p-2. The van der Waals surface area contributed by atoms with Gasteiger partial charge in [0.2, 0.25) is 0 Å². The molecule has 0 saturated heterocycles. The van der Waals surface area contributed by atoms with Crippen LogP contribution in [-0.4, -0.2) is 41.7 Å². The Labute approximate surface area is 194 Å². The molecule has 0 N–H and O–H groups in total. The second kappa shape index (κ2) is 12.4. The van der Waals surface area contributed by atoms with Crippen molar-refractivity contribution in [3.8, 4) is 0 Å². The van der Waals surface area contributed by atoms with Crippen LogP contribution in [-0.2, 0) is 21.7 Å². The van der Waals surface area contributed by atoms with Gasteiger partial charge < -0.3 is 43.9 Å². The molecule has 0 aromatic heterocycles. The summed E-state index contributed by atoms with van der Waals surface area (Å²) in [5.74, 6) is 0. The van der Waals surface area contributed by atoms with Crippen molar-refractivity contribution in [1.82, 2.24) is 8.79 Å². The Hall–Kier alpha value is 2.72. The first kappa shape index (κ1) is 35.2. The molecule has 0 aromatic rings. The molecule has 0 heterocycles. The van der Waals surface area contributed by atoms with Crippen LogP contribution in [0.3, 0.4) is 0 Å². The molecule has 0 aromatic carbocycles. The van der Waals surface area contributed by atoms with E-state index in [1.807, 2.05) is 0 Å². The zero-order valence-electron chi connectivity index (χ0n) is 17.9. The SMILES string of the molecule is C[Si](C)(C)[N-]N(P(Cl)[N-]N([Si](C)(C)C)[Si](C)(C)C)[Si](C)(C)C.[Cl-].[Cl-].[Ti+4]. The van der Waals surface area contributed by atoms with Gasteiger partial charge in [0.05, 0.1) is 16.5 Å². The maximum atomic E-state index is 6.83. The van der Waals surface area contributed by atoms with Gasteiger partial charge >= 0.3 is 21.7 Å². The van der Waals surface area contributed by atoms with Crippen molar-refractivity contribution in [2.75, 3.05) is 0 Å². The summed E-state index contributed by atoms with van der Waals surface area (Å²) in [4.78, 5) is 0. The number of nitrogens with zero attached hydrogens (tertiary/aromatic N) is 4. The maximum Gasteiger partial charge on any atom is 4.00 e. The number of rotatable bonds is 8. The third-order valence-electron chi connectivity index (χ3n) is 2.59. The molecule has 13 heteroatoms. The Kier molecular flexibility index (Phi) is 17.5. The Balaban J connectivity index is -0.000000735. The quantitative estimate of drug-likeness (QED) is 0.265. The fourth-order valence-electron chi connectivity index (χ4n) is 2.10. The molecule has 0 aliphatic rings. The van der Waals surface area contributed by atoms with Crippen molar-refractivity contribution in [2.24, 2.45) is 0 Å². The number of hydrogen-bond donors (Lipinski definition) is 0. The Morgan fingerprint density at radius 2 is 1.00 bits per heavy atom. The van der Waals surface area contributed by atoms with Gasteiger partial charge in [0.1, 0.15) is 8.24 Å². The molecule has 0 amide bonds. The van der Waals surface area contributed by atoms with Gasteiger partial charge in [-0.2, -0.15) is 0 Å². The van der Waals surface area contributed by atoms with Gasteiger partial charge in [0.15, 0.2) is 0 Å². The van der Waals surface area contributed by atoms with Crippen molar-refractivity contribution in [3.05, 3.63) is 10.3 Å². The largest absolute Gasteiger partial charge is 4.00 e. The second-order valence-electron chi connectivity index (χ2n) is 9.71. The monoisotopic (exact) mass is 532 g/mol. The molecule has 1 unspecified atom stereocenters. The van der Waals surface area contributed by atoms with E-state index in [1.54, 1.807) is 0 Å². The Morgan fingerprint density at radius 1 is 0.680 bits per heavy atom. The molecule has 0 spiro atoms. The van der Waals surface area contributed by atoms with Crippen LogP contribution >= 0.6 is 18.8 Å². The minimum Gasteiger partial charge on any atom is -1.00 e. The van der Waals surface area contributed by atoms with Crippen LogP contribution in [0.15, 0.2) is 0 Å². The average molecular weight is 534 g/mol. The molecule has 0 rings (SSSR count). The van der Waals surface area contributed by atoms with Crippen molar-refractivity contribution in [1.29, 1.82) is 0 Å². The molecule has 150 valence electrons. The first-order chi connectivity index (χ1) is 9.36. The zero-order valence-corrected chi connectivity index (χ0v) is 26.6. The smallest absolute Gasteiger partial charge is 1.00 e. The van der Waals surface area contributed by atoms with E-state index in [-0.39, 0.29) is 46.5 Å². The predicted molar refractivity (Wildman–Crippen MR) is 117 cm³/mol. The molecular formula is C12H36Cl3N4PSi4Ti. The molecule has 0 saturated carbocycles. The van der Waals surface area contributed by atoms with Gasteiger partial charge in [0, 0.05) is 0 Å². The third kappa shape index (κ3) is 14.4. The van der Waals surface area contributed by atoms with Crippen molar-refractivity contribution in [2.45, 2.75) is 78.6 Å². The molecule has 0 aliphatic heterocycles. The predicted octanol–water partition coefficient (Wildman–Crippen LogP) is 0.979. The summed E-state index contributed by atoms with van der Waals surface area (Å²) in [5.41, 5.74) is 0. The van der Waals surface area contributed by atoms with E-state index in [0.29, 0.717) is 0 Å². The summed E-state index contributed by atoms with van der Waals surface area (Å²) in [6.07, 6.45) is 0. The summed E-state index contributed by atoms with van der Waals surface area (Å²) in [6, 6.07) is 0. The van der Waals surface area contributed by atoms with E-state index in [1.165, 1.54) is 0 Å². The Bertz CT molecular complexity index is 359. The fraction of sp³-hybridized carbons (Fsp3) is 1.00. The maximum absolute atomic E-state index is 6.83. The van der Waals surface area contributed by atoms with Crippen molar-refractivity contribution < 1.29 is 46.5 Å². The molecule has 1 atom stereocenters. The van der Waals surface area contributed by atoms with E-state index in [4.69, 9.17) is 21.5 Å². The molecule has 0 bridgehead atoms. The van der Waals surface area contributed by atoms with Gasteiger partial charge in [-0.3, -0.25) is 0 Å². The summed E-state index contributed by atoms with van der Waals surface area (Å²) >= 11 is 6.83. The molecule has 0 fully saturated rings. The second-order valence-corrected chi connectivity index (χ2v) is 31.3. The topological polar surface area (TPSA) is 34.7 Å². The van der Waals surface area contributed by atoms with Crippen molar-refractivity contribution in [3.63, 3.8) is 0 Å². The van der Waals surface area contributed by atoms with E-state index in [2.05, 4.69) is 87.3 Å². The first-order valence-electron chi connectivity index (χ1n) is 7.86. The van der Waals surface area contributed by atoms with Gasteiger partial charge in [0.25, 0.3) is 0 Å². The molecule has 0 radical (unpaired) electrons. The minimum absolute atomic E-state index is 0. The van der Waals surface area contributed by atoms with Crippen molar-refractivity contribution >= 4 is 51.8 Å². The first-order valence-corrected chi connectivity index (χ1v) is 23.8. The van der Waals surface area contributed by atoms with Crippen LogP contribution in [0.1, 0.15) is 0 Å². The molecular weight excluding hydrogens is 498 g/mol. The molecule has 4 nitrogen and oxygen atoms in total. The van der Waals surface area contributed by atoms with E-state index < -0.39 is 40.5 Å². The summed E-state index contributed by atoms with van der Waals surface area (Å²) in [5, 5.41) is 10.1. The molecule has 0 aliphatic carbocycles. The van der Waals surface area contributed by atoms with Crippen LogP contribution in [0.4, 0.5) is 0 Å². The molecule has 25 heavy (non-hydrogen) atoms. The average Bonchev–Trinajstić information content (AvgIpc) is 2.16. The summed E-state index contributed by atoms with van der Waals surface area (Å²) in [6.45, 7) is 27.8. The summed E-state index contributed by atoms with van der Waals surface area (Å²) in [7, 11) is -7.38. The minimum atomic E-state index is -1.64. The van der Waals surface area contributed by atoms with Crippen LogP contribution in [0.25, 0.3) is 10.3 Å². The van der Waals surface area contributed by atoms with E-state index in [9.17, 15) is 0 Å². The summed E-state index contributed by atoms with van der Waals surface area (Å²) < 4.78 is 4.63. The third-order valence-corrected chi connectivity index (χ3v) is 16.3.